The van der Waals surface area contributed by atoms with Gasteiger partial charge in [-0.3, -0.25) is 0 Å². The van der Waals surface area contributed by atoms with Crippen molar-refractivity contribution in [2.75, 3.05) is 26.7 Å². The van der Waals surface area contributed by atoms with Crippen molar-refractivity contribution in [2.45, 2.75) is 32.8 Å². The van der Waals surface area contributed by atoms with Gasteiger partial charge in [0.2, 0.25) is 0 Å². The van der Waals surface area contributed by atoms with Gasteiger partial charge in [0.15, 0.2) is 0 Å². The van der Waals surface area contributed by atoms with Crippen molar-refractivity contribution in [1.82, 2.24) is 4.90 Å². The number of hydrogen-bond acceptors (Lipinski definition) is 3. The first-order chi connectivity index (χ1) is 8.61. The lowest BCUT2D eigenvalue weighted by atomic mass is 10.1. The Kier molecular flexibility index (Phi) is 6.76. The Morgan fingerprint density at radius 1 is 1.17 bits per heavy atom. The van der Waals surface area contributed by atoms with E-state index in [9.17, 15) is 0 Å². The second-order valence-corrected chi connectivity index (χ2v) is 4.94. The summed E-state index contributed by atoms with van der Waals surface area (Å²) >= 11 is 0. The Balaban J connectivity index is 2.34. The lowest BCUT2D eigenvalue weighted by Gasteiger charge is -2.16. The fourth-order valence-electron chi connectivity index (χ4n) is 1.78. The van der Waals surface area contributed by atoms with Crippen LogP contribution in [0.2, 0.25) is 0 Å². The number of aliphatic hydroxyl groups excluding tert-OH is 1. The van der Waals surface area contributed by atoms with Crippen molar-refractivity contribution in [1.29, 1.82) is 0 Å². The van der Waals surface area contributed by atoms with Gasteiger partial charge in [0.1, 0.15) is 5.75 Å². The summed E-state index contributed by atoms with van der Waals surface area (Å²) in [6, 6.07) is 8.31. The zero-order valence-corrected chi connectivity index (χ0v) is 11.7. The molecule has 0 aliphatic heterocycles. The molecule has 0 aliphatic carbocycles. The number of likely N-dealkylation sites (N-methyl/N-ethyl adjacent to an activating group) is 1. The van der Waals surface area contributed by atoms with E-state index in [0.29, 0.717) is 0 Å². The minimum absolute atomic E-state index is 0.223. The summed E-state index contributed by atoms with van der Waals surface area (Å²) in [6.07, 6.45) is 2.10. The van der Waals surface area contributed by atoms with E-state index >= 15 is 0 Å². The quantitative estimate of drug-likeness (QED) is 0.769. The first-order valence-electron chi connectivity index (χ1n) is 6.67. The van der Waals surface area contributed by atoms with Crippen molar-refractivity contribution in [2.24, 2.45) is 0 Å². The molecule has 0 aliphatic rings. The van der Waals surface area contributed by atoms with Crippen LogP contribution in [-0.2, 0) is 6.42 Å². The highest BCUT2D eigenvalue weighted by Crippen LogP contribution is 2.14. The zero-order valence-electron chi connectivity index (χ0n) is 11.7. The van der Waals surface area contributed by atoms with Gasteiger partial charge in [0.25, 0.3) is 0 Å². The second-order valence-electron chi connectivity index (χ2n) is 4.94. The number of aliphatic hydroxyl groups is 1. The van der Waals surface area contributed by atoms with E-state index in [1.165, 1.54) is 5.56 Å². The number of benzene rings is 1. The van der Waals surface area contributed by atoms with Crippen LogP contribution in [0.25, 0.3) is 0 Å². The molecule has 0 spiro atoms. The summed E-state index contributed by atoms with van der Waals surface area (Å²) in [7, 11) is 2.09. The maximum Gasteiger partial charge on any atom is 0.119 e. The highest BCUT2D eigenvalue weighted by molar-refractivity contribution is 5.27. The van der Waals surface area contributed by atoms with Crippen LogP contribution in [-0.4, -0.2) is 42.9 Å². The molecule has 0 heterocycles. The molecule has 1 N–H and O–H groups in total. The molecule has 102 valence electrons. The van der Waals surface area contributed by atoms with Crippen molar-refractivity contribution in [3.05, 3.63) is 29.8 Å². The molecule has 0 aromatic heterocycles. The molecule has 0 radical (unpaired) electrons. The summed E-state index contributed by atoms with van der Waals surface area (Å²) in [5.41, 5.74) is 1.32. The molecule has 1 aromatic carbocycles. The van der Waals surface area contributed by atoms with Crippen LogP contribution >= 0.6 is 0 Å². The van der Waals surface area contributed by atoms with E-state index in [0.717, 1.165) is 31.7 Å². The molecule has 0 atom stereocenters. The van der Waals surface area contributed by atoms with Crippen LogP contribution in [0.3, 0.4) is 0 Å². The Morgan fingerprint density at radius 2 is 1.83 bits per heavy atom. The number of hydrogen-bond donors (Lipinski definition) is 1. The zero-order chi connectivity index (χ0) is 13.4. The second kappa shape index (κ2) is 8.11. The number of nitrogens with zero attached hydrogens (tertiary/aromatic N) is 1. The predicted molar refractivity (Wildman–Crippen MR) is 75.1 cm³/mol. The summed E-state index contributed by atoms with van der Waals surface area (Å²) in [6.45, 7) is 6.30. The molecule has 0 fully saturated rings. The maximum atomic E-state index is 8.76. The summed E-state index contributed by atoms with van der Waals surface area (Å²) in [4.78, 5) is 2.24. The van der Waals surface area contributed by atoms with E-state index in [2.05, 4.69) is 24.1 Å². The van der Waals surface area contributed by atoms with Gasteiger partial charge in [0.05, 0.1) is 6.10 Å². The third kappa shape index (κ3) is 6.03. The highest BCUT2D eigenvalue weighted by Gasteiger charge is 2.01. The van der Waals surface area contributed by atoms with Crippen LogP contribution in [0.1, 0.15) is 25.8 Å². The van der Waals surface area contributed by atoms with Crippen LogP contribution in [0.5, 0.6) is 5.75 Å². The van der Waals surface area contributed by atoms with Crippen LogP contribution in [0.15, 0.2) is 24.3 Å². The van der Waals surface area contributed by atoms with E-state index < -0.39 is 0 Å². The summed E-state index contributed by atoms with van der Waals surface area (Å²) < 4.78 is 5.61. The maximum absolute atomic E-state index is 8.76. The standard InChI is InChI=1S/C15H25NO2/c1-13(2)18-15-7-5-14(6-8-15)9-11-16(3)10-4-12-17/h5-8,13,17H,4,9-12H2,1-3H3. The van der Waals surface area contributed by atoms with Crippen LogP contribution in [0, 0.1) is 0 Å². The lowest BCUT2D eigenvalue weighted by Crippen LogP contribution is -2.23. The SMILES string of the molecule is CC(C)Oc1ccc(CCN(C)CCCO)cc1. The first kappa shape index (κ1) is 15.0. The molecule has 0 saturated carbocycles. The van der Waals surface area contributed by atoms with Gasteiger partial charge in [-0.2, -0.15) is 0 Å². The minimum Gasteiger partial charge on any atom is -0.491 e. The van der Waals surface area contributed by atoms with Gasteiger partial charge in [-0.05, 0) is 51.4 Å². The number of rotatable bonds is 8. The largest absolute Gasteiger partial charge is 0.491 e. The first-order valence-corrected chi connectivity index (χ1v) is 6.67. The third-order valence-corrected chi connectivity index (χ3v) is 2.78. The molecule has 3 heteroatoms. The van der Waals surface area contributed by atoms with Gasteiger partial charge in [0, 0.05) is 19.7 Å². The highest BCUT2D eigenvalue weighted by atomic mass is 16.5. The van der Waals surface area contributed by atoms with Gasteiger partial charge in [-0.1, -0.05) is 12.1 Å². The van der Waals surface area contributed by atoms with E-state index in [1.54, 1.807) is 0 Å². The lowest BCUT2D eigenvalue weighted by molar-refractivity contribution is 0.242. The molecule has 1 aromatic rings. The molecular weight excluding hydrogens is 226 g/mol. The molecular formula is C15H25NO2. The Bertz CT molecular complexity index is 322. The smallest absolute Gasteiger partial charge is 0.119 e. The average molecular weight is 251 g/mol. The van der Waals surface area contributed by atoms with Gasteiger partial charge < -0.3 is 14.7 Å². The summed E-state index contributed by atoms with van der Waals surface area (Å²) in [5.74, 6) is 0.933. The normalized spacial score (nSPS) is 11.2. The number of ether oxygens (including phenoxy) is 1. The van der Waals surface area contributed by atoms with E-state index in [1.807, 2.05) is 26.0 Å². The molecule has 1 rings (SSSR count). The Morgan fingerprint density at radius 3 is 2.39 bits per heavy atom. The van der Waals surface area contributed by atoms with Gasteiger partial charge >= 0.3 is 0 Å². The molecule has 0 saturated heterocycles. The van der Waals surface area contributed by atoms with Crippen molar-refractivity contribution in [3.8, 4) is 5.75 Å². The van der Waals surface area contributed by atoms with Crippen molar-refractivity contribution >= 4 is 0 Å². The minimum atomic E-state index is 0.223. The fraction of sp³-hybridized carbons (Fsp3) is 0.600. The predicted octanol–water partition coefficient (Wildman–Crippen LogP) is 2.33. The van der Waals surface area contributed by atoms with Crippen molar-refractivity contribution in [3.63, 3.8) is 0 Å². The van der Waals surface area contributed by atoms with Crippen molar-refractivity contribution < 1.29 is 9.84 Å². The van der Waals surface area contributed by atoms with Crippen LogP contribution < -0.4 is 4.74 Å². The molecule has 18 heavy (non-hydrogen) atoms. The molecule has 0 bridgehead atoms. The van der Waals surface area contributed by atoms with Gasteiger partial charge in [-0.15, -0.1) is 0 Å². The third-order valence-electron chi connectivity index (χ3n) is 2.78. The van der Waals surface area contributed by atoms with E-state index in [-0.39, 0.29) is 12.7 Å². The fourth-order valence-corrected chi connectivity index (χ4v) is 1.78. The van der Waals surface area contributed by atoms with E-state index in [4.69, 9.17) is 9.84 Å². The van der Waals surface area contributed by atoms with Gasteiger partial charge in [-0.25, -0.2) is 0 Å². The average Bonchev–Trinajstić information content (AvgIpc) is 2.35. The topological polar surface area (TPSA) is 32.7 Å². The van der Waals surface area contributed by atoms with Crippen LogP contribution in [0.4, 0.5) is 0 Å². The summed E-state index contributed by atoms with van der Waals surface area (Å²) in [5, 5.41) is 8.76. The Labute approximate surface area is 110 Å². The molecule has 3 nitrogen and oxygen atoms in total. The molecule has 0 amide bonds. The monoisotopic (exact) mass is 251 g/mol. The molecule has 0 unspecified atom stereocenters. The Hall–Kier alpha value is -1.06.